The lowest BCUT2D eigenvalue weighted by Gasteiger charge is -2.53. The molecule has 1 aromatic rings. The molecule has 0 spiro atoms. The lowest BCUT2D eigenvalue weighted by Crippen LogP contribution is -2.71. The van der Waals surface area contributed by atoms with E-state index >= 15 is 0 Å². The fourth-order valence-electron chi connectivity index (χ4n) is 6.84. The van der Waals surface area contributed by atoms with Gasteiger partial charge in [-0.15, -0.1) is 0 Å². The van der Waals surface area contributed by atoms with Crippen LogP contribution >= 0.6 is 0 Å². The molecule has 1 saturated carbocycles. The molecular weight excluding hydrogens is 526 g/mol. The summed E-state index contributed by atoms with van der Waals surface area (Å²) in [5, 5.41) is 44.6. The first-order valence-electron chi connectivity index (χ1n) is 13.0. The van der Waals surface area contributed by atoms with Gasteiger partial charge >= 0.3 is 0 Å². The fourth-order valence-corrected chi connectivity index (χ4v) is 6.84. The maximum Gasteiger partial charge on any atom is 0.295 e. The number of primary amides is 1. The minimum absolute atomic E-state index is 0.0743. The van der Waals surface area contributed by atoms with Gasteiger partial charge in [-0.2, -0.15) is 0 Å². The molecule has 1 aromatic carbocycles. The third-order valence-electron chi connectivity index (χ3n) is 8.71. The number of carbonyl (C=O) groups is 5. The topological polar surface area (TPSA) is 208 Å². The number of ketones is 3. The van der Waals surface area contributed by atoms with Gasteiger partial charge in [0.1, 0.15) is 17.4 Å². The van der Waals surface area contributed by atoms with Gasteiger partial charge in [-0.25, -0.2) is 0 Å². The number of morpholine rings is 1. The summed E-state index contributed by atoms with van der Waals surface area (Å²) in [5.74, 6) is -10.3. The van der Waals surface area contributed by atoms with Crippen molar-refractivity contribution in [3.05, 3.63) is 40.2 Å². The summed E-state index contributed by atoms with van der Waals surface area (Å²) >= 11 is 0. The number of allylic oxidation sites excluding steroid dienone is 1. The number of phenols is 1. The Morgan fingerprint density at radius 1 is 1.12 bits per heavy atom. The highest BCUT2D eigenvalue weighted by Gasteiger charge is 2.66. The van der Waals surface area contributed by atoms with Crippen LogP contribution in [0.3, 0.4) is 0 Å². The lowest BCUT2D eigenvalue weighted by molar-refractivity contribution is -0.178. The second-order valence-electron chi connectivity index (χ2n) is 11.0. The van der Waals surface area contributed by atoms with E-state index < -0.39 is 76.2 Å². The first-order chi connectivity index (χ1) is 18.8. The predicted octanol–water partition coefficient (Wildman–Crippen LogP) is -1.67. The summed E-state index contributed by atoms with van der Waals surface area (Å²) in [6, 6.07) is 1.35. The Bertz CT molecular complexity index is 1360. The van der Waals surface area contributed by atoms with Crippen LogP contribution in [0.5, 0.6) is 5.75 Å². The SMILES string of the molecule is CN(C)C1C(O)C(C(N)=O)C(=O)[C@@]2(O)C(O)=C3C(=O)c4c(O)ccc(C(=O)C(=O)N5CCOCC5)c4C[C@H]3C[C@@H]12. The molecule has 6 N–H and O–H groups in total. The van der Waals surface area contributed by atoms with Crippen LogP contribution in [0.2, 0.25) is 0 Å². The summed E-state index contributed by atoms with van der Waals surface area (Å²) in [7, 11) is 3.12. The van der Waals surface area contributed by atoms with Gasteiger partial charge in [0.25, 0.3) is 11.7 Å². The van der Waals surface area contributed by atoms with Gasteiger partial charge in [-0.1, -0.05) is 0 Å². The molecule has 3 aliphatic carbocycles. The molecule has 0 radical (unpaired) electrons. The quantitative estimate of drug-likeness (QED) is 0.161. The molecule has 40 heavy (non-hydrogen) atoms. The number of nitrogens with two attached hydrogens (primary N) is 1. The van der Waals surface area contributed by atoms with E-state index in [1.165, 1.54) is 15.9 Å². The molecule has 1 saturated heterocycles. The van der Waals surface area contributed by atoms with Crippen LogP contribution in [0.15, 0.2) is 23.5 Å². The number of phenolic OH excluding ortho intramolecular Hbond substituents is 1. The van der Waals surface area contributed by atoms with Crippen molar-refractivity contribution in [1.82, 2.24) is 9.80 Å². The Balaban J connectivity index is 1.62. The molecule has 2 fully saturated rings. The Labute approximate surface area is 228 Å². The van der Waals surface area contributed by atoms with Crippen molar-refractivity contribution in [1.29, 1.82) is 0 Å². The van der Waals surface area contributed by atoms with Gasteiger partial charge in [0.15, 0.2) is 17.2 Å². The molecule has 2 amide bonds. The van der Waals surface area contributed by atoms with E-state index in [9.17, 15) is 44.4 Å². The predicted molar refractivity (Wildman–Crippen MR) is 135 cm³/mol. The number of hydrogen-bond acceptors (Lipinski definition) is 11. The van der Waals surface area contributed by atoms with E-state index in [1.54, 1.807) is 14.1 Å². The van der Waals surface area contributed by atoms with Gasteiger partial charge in [-0.3, -0.25) is 24.0 Å². The Morgan fingerprint density at radius 2 is 1.77 bits per heavy atom. The van der Waals surface area contributed by atoms with E-state index in [1.807, 2.05) is 0 Å². The molecule has 1 aliphatic heterocycles. The van der Waals surface area contributed by atoms with Crippen molar-refractivity contribution in [2.75, 3.05) is 40.4 Å². The lowest BCUT2D eigenvalue weighted by atomic mass is 9.56. The number of aromatic hydroxyl groups is 1. The van der Waals surface area contributed by atoms with Crippen molar-refractivity contribution < 1.29 is 49.1 Å². The van der Waals surface area contributed by atoms with Gasteiger partial charge < -0.3 is 40.7 Å². The maximum atomic E-state index is 13.8. The second-order valence-corrected chi connectivity index (χ2v) is 11.0. The number of fused-ring (bicyclic) bond motifs is 3. The molecule has 13 heteroatoms. The van der Waals surface area contributed by atoms with E-state index in [0.29, 0.717) is 0 Å². The van der Waals surface area contributed by atoms with Crippen molar-refractivity contribution in [3.8, 4) is 5.75 Å². The average Bonchev–Trinajstić information content (AvgIpc) is 2.90. The third kappa shape index (κ3) is 3.87. The molecular formula is C27H31N3O10. The highest BCUT2D eigenvalue weighted by Crippen LogP contribution is 2.52. The van der Waals surface area contributed by atoms with E-state index in [0.717, 1.165) is 6.07 Å². The zero-order chi connectivity index (χ0) is 29.3. The molecule has 0 bridgehead atoms. The molecule has 5 rings (SSSR count). The van der Waals surface area contributed by atoms with E-state index in [4.69, 9.17) is 10.5 Å². The maximum absolute atomic E-state index is 13.8. The second kappa shape index (κ2) is 9.77. The first kappa shape index (κ1) is 27.9. The van der Waals surface area contributed by atoms with Crippen molar-refractivity contribution in [2.45, 2.75) is 30.6 Å². The first-order valence-corrected chi connectivity index (χ1v) is 13.0. The minimum atomic E-state index is -2.71. The summed E-state index contributed by atoms with van der Waals surface area (Å²) in [6.07, 6.45) is -1.78. The van der Waals surface area contributed by atoms with Crippen LogP contribution in [0, 0.1) is 17.8 Å². The number of aliphatic hydroxyl groups excluding tert-OH is 2. The number of hydrogen-bond donors (Lipinski definition) is 5. The normalized spacial score (nSPS) is 31.9. The fraction of sp³-hybridized carbons (Fsp3) is 0.519. The van der Waals surface area contributed by atoms with Crippen molar-refractivity contribution in [3.63, 3.8) is 0 Å². The summed E-state index contributed by atoms with van der Waals surface area (Å²) in [4.78, 5) is 68.4. The number of amides is 2. The number of benzene rings is 1. The van der Waals surface area contributed by atoms with Crippen molar-refractivity contribution >= 4 is 29.2 Å². The van der Waals surface area contributed by atoms with Crippen LogP contribution in [-0.4, -0.2) is 118 Å². The van der Waals surface area contributed by atoms with Crippen LogP contribution < -0.4 is 5.73 Å². The van der Waals surface area contributed by atoms with E-state index in [2.05, 4.69) is 0 Å². The van der Waals surface area contributed by atoms with Crippen LogP contribution in [0.25, 0.3) is 0 Å². The summed E-state index contributed by atoms with van der Waals surface area (Å²) in [6.45, 7) is 1.00. The van der Waals surface area contributed by atoms with E-state index in [-0.39, 0.29) is 61.4 Å². The highest BCUT2D eigenvalue weighted by atomic mass is 16.5. The minimum Gasteiger partial charge on any atom is -0.508 e. The summed E-state index contributed by atoms with van der Waals surface area (Å²) in [5.41, 5.74) is 2.06. The van der Waals surface area contributed by atoms with Crippen LogP contribution in [-0.2, 0) is 25.5 Å². The van der Waals surface area contributed by atoms with Crippen LogP contribution in [0.4, 0.5) is 0 Å². The molecule has 1 heterocycles. The smallest absolute Gasteiger partial charge is 0.295 e. The number of Topliss-reactive ketones (excluding diaryl/α,β-unsaturated/α-hetero) is 3. The molecule has 4 aliphatic rings. The van der Waals surface area contributed by atoms with Gasteiger partial charge in [0, 0.05) is 36.2 Å². The third-order valence-corrected chi connectivity index (χ3v) is 8.71. The molecule has 13 nitrogen and oxygen atoms in total. The molecule has 214 valence electrons. The van der Waals surface area contributed by atoms with Gasteiger partial charge in [0.2, 0.25) is 5.91 Å². The Kier molecular flexibility index (Phi) is 6.81. The number of rotatable bonds is 4. The number of ether oxygens (including phenoxy) is 1. The number of likely N-dealkylation sites (N-methyl/N-ethyl adjacent to an activating group) is 1. The van der Waals surface area contributed by atoms with Crippen LogP contribution in [0.1, 0.15) is 32.7 Å². The zero-order valence-corrected chi connectivity index (χ0v) is 22.0. The van der Waals surface area contributed by atoms with Gasteiger partial charge in [-0.05, 0) is 50.6 Å². The standard InChI is InChI=1S/C27H31N3O10/c1-29(2)19-14-10-11-9-13-12(20(32)26(38)30-5-7-40-8-6-30)3-4-15(31)17(13)21(33)16(11)23(35)27(14,39)24(36)18(22(19)34)25(28)37/h3-4,11,14,18-19,22,31,34-35,39H,5-10H2,1-2H3,(H2,28,37)/t11-,14-,18?,19?,22?,27-/m0/s1. The average molecular weight is 558 g/mol. The van der Waals surface area contributed by atoms with Gasteiger partial charge in [0.05, 0.1) is 24.9 Å². The van der Waals surface area contributed by atoms with Crippen molar-refractivity contribution in [2.24, 2.45) is 23.5 Å². The molecule has 6 atom stereocenters. The Morgan fingerprint density at radius 3 is 2.38 bits per heavy atom. The highest BCUT2D eigenvalue weighted by molar-refractivity contribution is 6.43. The zero-order valence-electron chi connectivity index (χ0n) is 22.0. The molecule has 0 aromatic heterocycles. The number of carbonyl (C=O) groups excluding carboxylic acids is 5. The number of nitrogens with zero attached hydrogens (tertiary/aromatic N) is 2. The Hall–Kier alpha value is -3.65. The largest absolute Gasteiger partial charge is 0.508 e. The monoisotopic (exact) mass is 557 g/mol. The molecule has 3 unspecified atom stereocenters. The number of aliphatic hydroxyl groups is 3. The summed E-state index contributed by atoms with van der Waals surface area (Å²) < 4.78 is 5.23.